The maximum Gasteiger partial charge on any atom is 0.410 e. The highest BCUT2D eigenvalue weighted by atomic mass is 28.3. The molecule has 46 heavy (non-hydrogen) atoms. The predicted octanol–water partition coefficient (Wildman–Crippen LogP) is 9.67. The Morgan fingerprint density at radius 2 is 1.70 bits per heavy atom. The number of nitrogens with zero attached hydrogens (tertiary/aromatic N) is 4. The first-order chi connectivity index (χ1) is 21.8. The second-order valence-electron chi connectivity index (χ2n) is 15.6. The maximum absolute atomic E-state index is 12.8. The van der Waals surface area contributed by atoms with Gasteiger partial charge in [-0.3, -0.25) is 4.98 Å². The van der Waals surface area contributed by atoms with E-state index >= 15 is 0 Å². The van der Waals surface area contributed by atoms with Crippen LogP contribution in [-0.2, 0) is 17.6 Å². The summed E-state index contributed by atoms with van der Waals surface area (Å²) in [5.41, 5.74) is 9.52. The Kier molecular flexibility index (Phi) is 8.76. The summed E-state index contributed by atoms with van der Waals surface area (Å²) in [5.74, 6) is 1.18. The zero-order valence-corrected chi connectivity index (χ0v) is 30.5. The lowest BCUT2D eigenvalue weighted by Gasteiger charge is -2.44. The molecule has 2 aliphatic rings. The Hall–Kier alpha value is -3.33. The van der Waals surface area contributed by atoms with Gasteiger partial charge in [-0.15, -0.1) is 0 Å². The zero-order valence-electron chi connectivity index (χ0n) is 29.5. The summed E-state index contributed by atoms with van der Waals surface area (Å²) >= 11 is 0. The molecule has 1 amide bonds. The average Bonchev–Trinajstić information content (AvgIpc) is 3.54. The number of carbonyl (C=O) groups is 1. The van der Waals surface area contributed by atoms with Crippen molar-refractivity contribution in [2.24, 2.45) is 0 Å². The van der Waals surface area contributed by atoms with Gasteiger partial charge < -0.3 is 24.2 Å². The number of pyridine rings is 2. The Balaban J connectivity index is 1.37. The fraction of sp³-hybridized carbons (Fsp3) is 0.595. The van der Waals surface area contributed by atoms with Crippen LogP contribution in [0.1, 0.15) is 111 Å². The molecule has 4 aromatic heterocycles. The Morgan fingerprint density at radius 1 is 1.02 bits per heavy atom. The third-order valence-electron chi connectivity index (χ3n) is 10.7. The number of piperidine rings is 1. The van der Waals surface area contributed by atoms with Crippen molar-refractivity contribution < 1.29 is 9.53 Å². The fourth-order valence-electron chi connectivity index (χ4n) is 8.85. The minimum Gasteiger partial charge on any atom is -0.444 e. The summed E-state index contributed by atoms with van der Waals surface area (Å²) in [4.78, 5) is 28.5. The Morgan fingerprint density at radius 3 is 2.35 bits per heavy atom. The molecule has 0 radical (unpaired) electrons. The zero-order chi connectivity index (χ0) is 33.0. The monoisotopic (exact) mass is 642 g/mol. The largest absolute Gasteiger partial charge is 0.444 e. The van der Waals surface area contributed by atoms with Crippen molar-refractivity contribution in [3.8, 4) is 0 Å². The first kappa shape index (κ1) is 32.6. The molecule has 1 aliphatic carbocycles. The molecule has 5 heterocycles. The minimum atomic E-state index is -2.08. The van der Waals surface area contributed by atoms with Crippen molar-refractivity contribution in [3.05, 3.63) is 47.4 Å². The molecular weight excluding hydrogens is 589 g/mol. The molecular formula is C37H54N6O2Si. The number of rotatable bonds is 7. The average molecular weight is 643 g/mol. The van der Waals surface area contributed by atoms with E-state index in [1.54, 1.807) is 0 Å². The van der Waals surface area contributed by atoms with Crippen LogP contribution in [0.3, 0.4) is 0 Å². The van der Waals surface area contributed by atoms with Gasteiger partial charge in [0.2, 0.25) is 0 Å². The van der Waals surface area contributed by atoms with E-state index in [2.05, 4.69) is 80.5 Å². The third-order valence-corrected chi connectivity index (χ3v) is 17.4. The summed E-state index contributed by atoms with van der Waals surface area (Å²) in [7, 11) is -2.08. The second-order valence-corrected chi connectivity index (χ2v) is 21.4. The number of aryl methyl sites for hydroxylation is 2. The first-order valence-electron chi connectivity index (χ1n) is 17.6. The van der Waals surface area contributed by atoms with E-state index in [0.29, 0.717) is 35.6 Å². The highest BCUT2D eigenvalue weighted by Gasteiger charge is 2.46. The van der Waals surface area contributed by atoms with Crippen LogP contribution in [0.25, 0.3) is 22.1 Å². The molecule has 0 saturated carbocycles. The molecule has 2 N–H and O–H groups in total. The minimum absolute atomic E-state index is 0.209. The Bertz CT molecular complexity index is 1700. The van der Waals surface area contributed by atoms with Gasteiger partial charge >= 0.3 is 6.09 Å². The number of hydrogen-bond acceptors (Lipinski definition) is 5. The lowest BCUT2D eigenvalue weighted by atomic mass is 9.90. The van der Waals surface area contributed by atoms with Crippen molar-refractivity contribution >= 4 is 47.9 Å². The van der Waals surface area contributed by atoms with Gasteiger partial charge in [0.15, 0.2) is 8.24 Å². The van der Waals surface area contributed by atoms with Gasteiger partial charge in [0.25, 0.3) is 0 Å². The van der Waals surface area contributed by atoms with Gasteiger partial charge in [-0.25, -0.2) is 9.78 Å². The number of likely N-dealkylation sites (tertiary alicyclic amines) is 1. The normalized spacial score (nSPS) is 16.7. The van der Waals surface area contributed by atoms with Crippen molar-refractivity contribution in [2.75, 3.05) is 18.4 Å². The van der Waals surface area contributed by atoms with Gasteiger partial charge in [-0.1, -0.05) is 41.5 Å². The molecule has 6 rings (SSSR count). The topological polar surface area (TPSA) is 88.1 Å². The van der Waals surface area contributed by atoms with Crippen LogP contribution in [0.4, 0.5) is 16.3 Å². The van der Waals surface area contributed by atoms with Crippen LogP contribution >= 0.6 is 0 Å². The number of nitrogens with one attached hydrogen (secondary N) is 2. The molecule has 0 bridgehead atoms. The number of aromatic nitrogens is 4. The van der Waals surface area contributed by atoms with E-state index in [1.807, 2.05) is 31.9 Å². The molecule has 248 valence electrons. The number of hydrogen-bond donors (Lipinski definition) is 2. The van der Waals surface area contributed by atoms with Crippen LogP contribution in [0.15, 0.2) is 30.6 Å². The Labute approximate surface area is 275 Å². The third kappa shape index (κ3) is 5.84. The van der Waals surface area contributed by atoms with Gasteiger partial charge in [0.1, 0.15) is 17.1 Å². The van der Waals surface area contributed by atoms with E-state index in [4.69, 9.17) is 14.7 Å². The number of fused-ring (bicyclic) bond motifs is 4. The quantitative estimate of drug-likeness (QED) is 0.196. The van der Waals surface area contributed by atoms with Crippen molar-refractivity contribution in [1.29, 1.82) is 0 Å². The van der Waals surface area contributed by atoms with Crippen molar-refractivity contribution in [2.45, 2.75) is 129 Å². The fourth-order valence-corrected chi connectivity index (χ4v) is 15.5. The van der Waals surface area contributed by atoms with E-state index in [-0.39, 0.29) is 6.09 Å². The summed E-state index contributed by atoms with van der Waals surface area (Å²) < 4.78 is 8.39. The first-order valence-corrected chi connectivity index (χ1v) is 19.7. The highest BCUT2D eigenvalue weighted by Crippen LogP contribution is 2.46. The highest BCUT2D eigenvalue weighted by molar-refractivity contribution is 6.82. The van der Waals surface area contributed by atoms with Crippen LogP contribution in [0.2, 0.25) is 16.6 Å². The van der Waals surface area contributed by atoms with Crippen LogP contribution in [0, 0.1) is 0 Å². The molecule has 0 unspecified atom stereocenters. The van der Waals surface area contributed by atoms with Crippen molar-refractivity contribution in [3.63, 3.8) is 0 Å². The number of aromatic amines is 1. The van der Waals surface area contributed by atoms with Gasteiger partial charge in [0, 0.05) is 30.4 Å². The van der Waals surface area contributed by atoms with Crippen LogP contribution < -0.4 is 5.32 Å². The molecule has 0 aromatic carbocycles. The summed E-state index contributed by atoms with van der Waals surface area (Å²) in [5, 5.41) is 4.87. The molecule has 4 aromatic rings. The molecule has 9 heteroatoms. The van der Waals surface area contributed by atoms with E-state index in [9.17, 15) is 4.79 Å². The van der Waals surface area contributed by atoms with Gasteiger partial charge in [-0.2, -0.15) is 0 Å². The smallest absolute Gasteiger partial charge is 0.410 e. The SMILES string of the molecule is CC(C)[Si](C(C)C)(C(C)C)n1cc(C2CCN(C(=O)OC(C)(C)C)CC2)c2ncc(Nc3ccc4c5c([nH]c4n3)CCCC5)cc21. The lowest BCUT2D eigenvalue weighted by Crippen LogP contribution is -2.51. The number of carbonyl (C=O) groups excluding carboxylic acids is 1. The summed E-state index contributed by atoms with van der Waals surface area (Å²) in [6.07, 6.45) is 10.8. The summed E-state index contributed by atoms with van der Waals surface area (Å²) in [6, 6.07) is 6.63. The second kappa shape index (κ2) is 12.4. The van der Waals surface area contributed by atoms with Crippen LogP contribution in [-0.4, -0.2) is 57.1 Å². The molecule has 1 fully saturated rings. The van der Waals surface area contributed by atoms with Gasteiger partial charge in [-0.05, 0) is 111 Å². The van der Waals surface area contributed by atoms with Crippen molar-refractivity contribution in [1.82, 2.24) is 24.1 Å². The number of amides is 1. The lowest BCUT2D eigenvalue weighted by molar-refractivity contribution is 0.0205. The molecule has 1 aliphatic heterocycles. The molecule has 0 spiro atoms. The molecule has 1 saturated heterocycles. The van der Waals surface area contributed by atoms with Crippen LogP contribution in [0.5, 0.6) is 0 Å². The molecule has 8 nitrogen and oxygen atoms in total. The number of H-pyrrole nitrogens is 1. The summed E-state index contributed by atoms with van der Waals surface area (Å²) in [6.45, 7) is 21.7. The maximum atomic E-state index is 12.8. The number of ether oxygens (including phenoxy) is 1. The number of anilines is 2. The molecule has 0 atom stereocenters. The van der Waals surface area contributed by atoms with Gasteiger partial charge in [0.05, 0.1) is 22.9 Å². The van der Waals surface area contributed by atoms with E-state index < -0.39 is 13.8 Å². The van der Waals surface area contributed by atoms with E-state index in [0.717, 1.165) is 48.4 Å². The van der Waals surface area contributed by atoms with E-state index in [1.165, 1.54) is 40.6 Å². The predicted molar refractivity (Wildman–Crippen MR) is 192 cm³/mol. The standard InChI is InChI=1S/C37H54N6O2Si/c1-23(2)46(24(3)4,25(5)6)43-22-30(26-16-18-42(19-17-26)36(44)45-37(7,8)9)34-32(43)20-27(21-38-34)39-33-15-14-29-28-12-10-11-13-31(28)40-35(29)41-33/h14-15,20-26H,10-13,16-19H2,1-9H3,(H2,39,40,41).